The first-order valence-electron chi connectivity index (χ1n) is 9.78. The maximum absolute atomic E-state index is 10.3. The Hall–Kier alpha value is -3.39. The molecule has 0 bridgehead atoms. The number of halogens is 1. The van der Waals surface area contributed by atoms with Crippen LogP contribution in [0.2, 0.25) is 0 Å². The van der Waals surface area contributed by atoms with Crippen LogP contribution >= 0.6 is 12.4 Å². The Balaban J connectivity index is 0.00000341. The van der Waals surface area contributed by atoms with Gasteiger partial charge in [0.25, 0.3) is 0 Å². The Morgan fingerprint density at radius 3 is 2.03 bits per heavy atom. The predicted octanol–water partition coefficient (Wildman–Crippen LogP) is 3.29. The van der Waals surface area contributed by atoms with Gasteiger partial charge in [0, 0.05) is 28.8 Å². The van der Waals surface area contributed by atoms with Gasteiger partial charge in [-0.2, -0.15) is 0 Å². The van der Waals surface area contributed by atoms with Crippen LogP contribution in [0.15, 0.2) is 58.6 Å². The molecule has 0 aliphatic rings. The van der Waals surface area contributed by atoms with Crippen molar-refractivity contribution in [2.75, 3.05) is 0 Å². The molecular formula is C22H28ClN7O. The maximum atomic E-state index is 10.3. The van der Waals surface area contributed by atoms with E-state index in [1.54, 1.807) is 29.1 Å². The van der Waals surface area contributed by atoms with Crippen LogP contribution < -0.4 is 11.5 Å². The molecule has 0 saturated heterocycles. The number of benzene rings is 2. The summed E-state index contributed by atoms with van der Waals surface area (Å²) in [5.74, 6) is 1.00. The highest BCUT2D eigenvalue weighted by Gasteiger charge is 2.13. The number of phenols is 1. The Kier molecular flexibility index (Phi) is 7.77. The molecule has 8 nitrogen and oxygen atoms in total. The third-order valence-corrected chi connectivity index (χ3v) is 4.28. The molecule has 9 heteroatoms. The van der Waals surface area contributed by atoms with Crippen molar-refractivity contribution < 1.29 is 5.11 Å². The summed E-state index contributed by atoms with van der Waals surface area (Å²) in [7, 11) is 0. The van der Waals surface area contributed by atoms with Crippen molar-refractivity contribution in [3.05, 3.63) is 59.8 Å². The van der Waals surface area contributed by atoms with Gasteiger partial charge in [-0.25, -0.2) is 4.68 Å². The van der Waals surface area contributed by atoms with Gasteiger partial charge in [0.05, 0.1) is 11.9 Å². The van der Waals surface area contributed by atoms with Crippen LogP contribution in [-0.4, -0.2) is 43.9 Å². The fourth-order valence-electron chi connectivity index (χ4n) is 2.90. The molecule has 3 aromatic rings. The second-order valence-corrected chi connectivity index (χ2v) is 7.54. The normalized spacial score (nSPS) is 12.3. The number of nitrogens with zero attached hydrogens (tertiary/aromatic N) is 5. The van der Waals surface area contributed by atoms with E-state index in [4.69, 9.17) is 11.5 Å². The van der Waals surface area contributed by atoms with Crippen molar-refractivity contribution in [2.24, 2.45) is 21.5 Å². The molecule has 5 N–H and O–H groups in total. The van der Waals surface area contributed by atoms with Gasteiger partial charge in [-0.1, -0.05) is 5.21 Å². The third kappa shape index (κ3) is 5.82. The number of aliphatic imine (C=N–C) groups is 2. The molecule has 0 aliphatic heterocycles. The zero-order valence-corrected chi connectivity index (χ0v) is 18.8. The van der Waals surface area contributed by atoms with Gasteiger partial charge < -0.3 is 16.6 Å². The molecule has 0 saturated carbocycles. The van der Waals surface area contributed by atoms with Crippen molar-refractivity contribution in [3.63, 3.8) is 0 Å². The van der Waals surface area contributed by atoms with Crippen molar-refractivity contribution in [2.45, 2.75) is 39.8 Å². The second kappa shape index (κ2) is 10.1. The van der Waals surface area contributed by atoms with Gasteiger partial charge in [-0.05, 0) is 70.2 Å². The lowest BCUT2D eigenvalue weighted by molar-refractivity contribution is 0.477. The first-order chi connectivity index (χ1) is 14.2. The largest absolute Gasteiger partial charge is 0.507 e. The van der Waals surface area contributed by atoms with E-state index in [0.717, 1.165) is 16.8 Å². The average Bonchev–Trinajstić information content (AvgIpc) is 3.17. The van der Waals surface area contributed by atoms with Crippen molar-refractivity contribution in [1.82, 2.24) is 15.0 Å². The van der Waals surface area contributed by atoms with E-state index in [1.807, 2.05) is 52.0 Å². The number of hydrogen-bond donors (Lipinski definition) is 3. The average molecular weight is 442 g/mol. The monoisotopic (exact) mass is 441 g/mol. The molecule has 1 heterocycles. The molecule has 3 rings (SSSR count). The van der Waals surface area contributed by atoms with E-state index in [0.29, 0.717) is 22.9 Å². The van der Waals surface area contributed by atoms with E-state index in [-0.39, 0.29) is 30.2 Å². The molecule has 0 unspecified atom stereocenters. The summed E-state index contributed by atoms with van der Waals surface area (Å²) in [6.07, 6.45) is 1.75. The van der Waals surface area contributed by atoms with Crippen LogP contribution in [0.25, 0.3) is 16.9 Å². The minimum Gasteiger partial charge on any atom is -0.507 e. The lowest BCUT2D eigenvalue weighted by atomic mass is 10.1. The molecule has 1 aromatic heterocycles. The molecule has 0 radical (unpaired) electrons. The standard InChI is InChI=1S/C22H27N7O.ClH/c1-13(2)25-21(23)15-5-8-17(9-6-15)29-12-19(27-28-29)18-11-16(7-10-20(18)30)22(24)26-14(3)4;/h5-14,30H,1-4H3,(H2,23,25)(H2,24,26);1H. The van der Waals surface area contributed by atoms with Crippen LogP contribution in [0.4, 0.5) is 0 Å². The Morgan fingerprint density at radius 1 is 0.903 bits per heavy atom. The Labute approximate surface area is 188 Å². The lowest BCUT2D eigenvalue weighted by Crippen LogP contribution is -2.15. The van der Waals surface area contributed by atoms with E-state index in [2.05, 4.69) is 20.3 Å². The Bertz CT molecular complexity index is 1090. The van der Waals surface area contributed by atoms with Gasteiger partial charge in [0.15, 0.2) is 0 Å². The lowest BCUT2D eigenvalue weighted by Gasteiger charge is -2.07. The van der Waals surface area contributed by atoms with E-state index >= 15 is 0 Å². The summed E-state index contributed by atoms with van der Waals surface area (Å²) in [5, 5.41) is 18.7. The van der Waals surface area contributed by atoms with Crippen molar-refractivity contribution in [3.8, 4) is 22.7 Å². The van der Waals surface area contributed by atoms with Gasteiger partial charge in [-0.3, -0.25) is 9.98 Å². The molecular weight excluding hydrogens is 414 g/mol. The summed E-state index contributed by atoms with van der Waals surface area (Å²) in [5.41, 5.74) is 15.5. The summed E-state index contributed by atoms with van der Waals surface area (Å²) in [6.45, 7) is 7.86. The Morgan fingerprint density at radius 2 is 1.45 bits per heavy atom. The predicted molar refractivity (Wildman–Crippen MR) is 127 cm³/mol. The number of nitrogens with two attached hydrogens (primary N) is 2. The van der Waals surface area contributed by atoms with E-state index in [9.17, 15) is 5.11 Å². The molecule has 0 amide bonds. The quantitative estimate of drug-likeness (QED) is 0.399. The van der Waals surface area contributed by atoms with Crippen LogP contribution in [0.3, 0.4) is 0 Å². The number of amidine groups is 2. The fourth-order valence-corrected chi connectivity index (χ4v) is 2.90. The zero-order valence-electron chi connectivity index (χ0n) is 18.0. The fraction of sp³-hybridized carbons (Fsp3) is 0.273. The topological polar surface area (TPSA) is 128 Å². The highest BCUT2D eigenvalue weighted by molar-refractivity contribution is 5.99. The summed E-state index contributed by atoms with van der Waals surface area (Å²) >= 11 is 0. The van der Waals surface area contributed by atoms with Gasteiger partial charge >= 0.3 is 0 Å². The van der Waals surface area contributed by atoms with E-state index < -0.39 is 0 Å². The number of phenolic OH excluding ortho intramolecular Hbond substituents is 1. The number of rotatable bonds is 6. The minimum atomic E-state index is 0. The molecule has 31 heavy (non-hydrogen) atoms. The van der Waals surface area contributed by atoms with Crippen LogP contribution in [-0.2, 0) is 0 Å². The molecule has 0 spiro atoms. The first-order valence-corrected chi connectivity index (χ1v) is 9.78. The van der Waals surface area contributed by atoms with Crippen molar-refractivity contribution >= 4 is 24.1 Å². The molecule has 2 aromatic carbocycles. The smallest absolute Gasteiger partial charge is 0.125 e. The summed E-state index contributed by atoms with van der Waals surface area (Å²) in [6, 6.07) is 12.8. The number of aromatic nitrogens is 3. The van der Waals surface area contributed by atoms with Crippen LogP contribution in [0.5, 0.6) is 5.75 Å². The summed E-state index contributed by atoms with van der Waals surface area (Å²) in [4.78, 5) is 8.71. The highest BCUT2D eigenvalue weighted by atomic mass is 35.5. The maximum Gasteiger partial charge on any atom is 0.125 e. The second-order valence-electron chi connectivity index (χ2n) is 7.54. The SMILES string of the molecule is CC(C)N=C(N)c1ccc(-n2cc(-c3cc(C(N)=NC(C)C)ccc3O)nn2)cc1.Cl. The third-order valence-electron chi connectivity index (χ3n) is 4.28. The van der Waals surface area contributed by atoms with Gasteiger partial charge in [0.2, 0.25) is 0 Å². The number of hydrogen-bond acceptors (Lipinski definition) is 5. The van der Waals surface area contributed by atoms with E-state index in [1.165, 1.54) is 0 Å². The van der Waals surface area contributed by atoms with Crippen LogP contribution in [0, 0.1) is 0 Å². The molecule has 0 atom stereocenters. The molecule has 0 aliphatic carbocycles. The first kappa shape index (κ1) is 23.9. The summed E-state index contributed by atoms with van der Waals surface area (Å²) < 4.78 is 1.63. The molecule has 164 valence electrons. The molecule has 0 fully saturated rings. The van der Waals surface area contributed by atoms with Crippen molar-refractivity contribution in [1.29, 1.82) is 0 Å². The zero-order chi connectivity index (χ0) is 21.8. The minimum absolute atomic E-state index is 0. The van der Waals surface area contributed by atoms with Gasteiger partial charge in [-0.15, -0.1) is 17.5 Å². The van der Waals surface area contributed by atoms with Crippen LogP contribution in [0.1, 0.15) is 38.8 Å². The van der Waals surface area contributed by atoms with Gasteiger partial charge in [0.1, 0.15) is 23.1 Å². The number of aromatic hydroxyl groups is 1. The highest BCUT2D eigenvalue weighted by Crippen LogP contribution is 2.29.